The lowest BCUT2D eigenvalue weighted by Crippen LogP contribution is -2.40. The summed E-state index contributed by atoms with van der Waals surface area (Å²) in [6, 6.07) is 6.10. The van der Waals surface area contributed by atoms with Crippen molar-refractivity contribution in [3.63, 3.8) is 0 Å². The van der Waals surface area contributed by atoms with Gasteiger partial charge in [0.25, 0.3) is 0 Å². The number of carbonyl (C=O) groups excluding carboxylic acids is 1. The number of hydrogen-bond acceptors (Lipinski definition) is 2. The monoisotopic (exact) mass is 247 g/mol. The molecule has 0 saturated carbocycles. The second kappa shape index (κ2) is 5.29. The Balaban J connectivity index is 2.08. The molecule has 0 bridgehead atoms. The molecule has 0 heterocycles. The van der Waals surface area contributed by atoms with Crippen molar-refractivity contribution in [1.29, 1.82) is 0 Å². The molecule has 0 aromatic heterocycles. The fraction of sp³-hybridized carbons (Fsp3) is 0.500. The number of nitrogens with two attached hydrogens (primary N) is 1. The molecule has 1 aromatic rings. The zero-order valence-corrected chi connectivity index (χ0v) is 11.1. The number of aryl methyl sites for hydroxylation is 1. The van der Waals surface area contributed by atoms with E-state index in [2.05, 4.69) is 5.32 Å². The molecule has 2 amide bonds. The quantitative estimate of drug-likeness (QED) is 0.805. The summed E-state index contributed by atoms with van der Waals surface area (Å²) < 4.78 is 0. The fourth-order valence-electron chi connectivity index (χ4n) is 2.54. The third-order valence-electron chi connectivity index (χ3n) is 3.59. The van der Waals surface area contributed by atoms with Gasteiger partial charge in [-0.1, -0.05) is 6.07 Å². The Morgan fingerprint density at radius 2 is 2.17 bits per heavy atom. The van der Waals surface area contributed by atoms with Crippen molar-refractivity contribution < 1.29 is 4.79 Å². The highest BCUT2D eigenvalue weighted by molar-refractivity contribution is 5.75. The number of amides is 2. The van der Waals surface area contributed by atoms with Gasteiger partial charge < -0.3 is 16.0 Å². The van der Waals surface area contributed by atoms with Crippen molar-refractivity contribution in [1.82, 2.24) is 10.2 Å². The Bertz CT molecular complexity index is 441. The van der Waals surface area contributed by atoms with Crippen molar-refractivity contribution in [3.8, 4) is 0 Å². The minimum absolute atomic E-state index is 0.0228. The largest absolute Gasteiger partial charge is 0.399 e. The van der Waals surface area contributed by atoms with Crippen LogP contribution in [-0.2, 0) is 6.42 Å². The van der Waals surface area contributed by atoms with Crippen molar-refractivity contribution >= 4 is 11.7 Å². The summed E-state index contributed by atoms with van der Waals surface area (Å²) in [4.78, 5) is 13.8. The number of fused-ring (bicyclic) bond motifs is 1. The van der Waals surface area contributed by atoms with Crippen LogP contribution in [0.2, 0.25) is 0 Å². The van der Waals surface area contributed by atoms with Gasteiger partial charge in [-0.15, -0.1) is 0 Å². The van der Waals surface area contributed by atoms with Gasteiger partial charge in [0, 0.05) is 18.8 Å². The van der Waals surface area contributed by atoms with E-state index in [9.17, 15) is 4.79 Å². The van der Waals surface area contributed by atoms with Crippen LogP contribution >= 0.6 is 0 Å². The third-order valence-corrected chi connectivity index (χ3v) is 3.59. The summed E-state index contributed by atoms with van der Waals surface area (Å²) in [7, 11) is 0. The first kappa shape index (κ1) is 12.7. The molecule has 4 nitrogen and oxygen atoms in total. The normalized spacial score (nSPS) is 17.3. The van der Waals surface area contributed by atoms with Crippen LogP contribution in [0.3, 0.4) is 0 Å². The molecule has 18 heavy (non-hydrogen) atoms. The van der Waals surface area contributed by atoms with Crippen LogP contribution in [0.25, 0.3) is 0 Å². The smallest absolute Gasteiger partial charge is 0.317 e. The van der Waals surface area contributed by atoms with E-state index in [1.54, 1.807) is 4.90 Å². The Kier molecular flexibility index (Phi) is 3.75. The third kappa shape index (κ3) is 2.42. The molecule has 1 aliphatic rings. The van der Waals surface area contributed by atoms with Gasteiger partial charge in [0.05, 0.1) is 6.04 Å². The number of urea groups is 1. The molecule has 0 spiro atoms. The average molecular weight is 247 g/mol. The number of carbonyl (C=O) groups is 1. The first-order valence-electron chi connectivity index (χ1n) is 6.59. The molecule has 1 aromatic carbocycles. The van der Waals surface area contributed by atoms with Gasteiger partial charge in [-0.2, -0.15) is 0 Å². The molecular weight excluding hydrogens is 226 g/mol. The van der Waals surface area contributed by atoms with Crippen molar-refractivity contribution in [2.45, 2.75) is 32.7 Å². The molecule has 0 aliphatic heterocycles. The summed E-state index contributed by atoms with van der Waals surface area (Å²) in [5, 5.41) is 3.10. The minimum Gasteiger partial charge on any atom is -0.399 e. The molecule has 1 unspecified atom stereocenters. The van der Waals surface area contributed by atoms with E-state index in [-0.39, 0.29) is 12.1 Å². The van der Waals surface area contributed by atoms with Gasteiger partial charge in [-0.3, -0.25) is 0 Å². The maximum absolute atomic E-state index is 12.0. The van der Waals surface area contributed by atoms with E-state index in [4.69, 9.17) is 5.73 Å². The van der Waals surface area contributed by atoms with E-state index in [0.29, 0.717) is 0 Å². The van der Waals surface area contributed by atoms with Crippen LogP contribution in [0, 0.1) is 0 Å². The highest BCUT2D eigenvalue weighted by Crippen LogP contribution is 2.32. The lowest BCUT2D eigenvalue weighted by atomic mass is 10.1. The molecule has 0 fully saturated rings. The molecule has 3 N–H and O–H groups in total. The summed E-state index contributed by atoms with van der Waals surface area (Å²) in [5.41, 5.74) is 9.05. The summed E-state index contributed by atoms with van der Waals surface area (Å²) >= 11 is 0. The maximum atomic E-state index is 12.0. The Labute approximate surface area is 108 Å². The van der Waals surface area contributed by atoms with E-state index in [1.807, 2.05) is 32.0 Å². The first-order chi connectivity index (χ1) is 8.65. The van der Waals surface area contributed by atoms with E-state index in [1.165, 1.54) is 11.1 Å². The molecule has 1 aliphatic carbocycles. The zero-order chi connectivity index (χ0) is 13.1. The van der Waals surface area contributed by atoms with Gasteiger partial charge in [-0.05, 0) is 49.9 Å². The summed E-state index contributed by atoms with van der Waals surface area (Å²) in [5.74, 6) is 0. The highest BCUT2D eigenvalue weighted by Gasteiger charge is 2.25. The Hall–Kier alpha value is -1.71. The van der Waals surface area contributed by atoms with E-state index < -0.39 is 0 Å². The highest BCUT2D eigenvalue weighted by atomic mass is 16.2. The van der Waals surface area contributed by atoms with Gasteiger partial charge in [-0.25, -0.2) is 4.79 Å². The maximum Gasteiger partial charge on any atom is 0.317 e. The van der Waals surface area contributed by atoms with E-state index >= 15 is 0 Å². The molecule has 0 radical (unpaired) electrons. The predicted octanol–water partition coefficient (Wildman–Crippen LogP) is 2.31. The van der Waals surface area contributed by atoms with Crippen molar-refractivity contribution in [2.24, 2.45) is 0 Å². The summed E-state index contributed by atoms with van der Waals surface area (Å²) in [6.45, 7) is 5.46. The average Bonchev–Trinajstić information content (AvgIpc) is 2.73. The zero-order valence-electron chi connectivity index (χ0n) is 11.1. The van der Waals surface area contributed by atoms with Crippen LogP contribution in [0.1, 0.15) is 37.4 Å². The molecular formula is C14H21N3O. The van der Waals surface area contributed by atoms with Crippen molar-refractivity contribution in [2.75, 3.05) is 18.8 Å². The lowest BCUT2D eigenvalue weighted by molar-refractivity contribution is 0.199. The predicted molar refractivity (Wildman–Crippen MR) is 73.4 cm³/mol. The van der Waals surface area contributed by atoms with Crippen LogP contribution < -0.4 is 11.1 Å². The van der Waals surface area contributed by atoms with E-state index in [0.717, 1.165) is 31.6 Å². The molecule has 98 valence electrons. The number of benzene rings is 1. The second-order valence-corrected chi connectivity index (χ2v) is 4.67. The Morgan fingerprint density at radius 3 is 2.83 bits per heavy atom. The first-order valence-corrected chi connectivity index (χ1v) is 6.59. The van der Waals surface area contributed by atoms with Crippen LogP contribution in [0.4, 0.5) is 10.5 Å². The van der Waals surface area contributed by atoms with Crippen LogP contribution in [0.5, 0.6) is 0 Å². The minimum atomic E-state index is 0.0228. The number of anilines is 1. The van der Waals surface area contributed by atoms with Gasteiger partial charge in [0.2, 0.25) is 0 Å². The topological polar surface area (TPSA) is 58.4 Å². The number of nitrogens with one attached hydrogen (secondary N) is 1. The fourth-order valence-corrected chi connectivity index (χ4v) is 2.54. The molecule has 1 atom stereocenters. The molecule has 2 rings (SSSR count). The SMILES string of the molecule is CCN(CC)C(=O)NC1CCc2cc(N)ccc21. The summed E-state index contributed by atoms with van der Waals surface area (Å²) in [6.07, 6.45) is 1.95. The number of hydrogen-bond donors (Lipinski definition) is 2. The van der Waals surface area contributed by atoms with Crippen LogP contribution in [0.15, 0.2) is 18.2 Å². The Morgan fingerprint density at radius 1 is 1.44 bits per heavy atom. The molecule has 4 heteroatoms. The van der Waals surface area contributed by atoms with Gasteiger partial charge in [0.15, 0.2) is 0 Å². The lowest BCUT2D eigenvalue weighted by Gasteiger charge is -2.22. The second-order valence-electron chi connectivity index (χ2n) is 4.67. The standard InChI is InChI=1S/C14H21N3O/c1-3-17(4-2)14(18)16-13-8-5-10-9-11(15)6-7-12(10)13/h6-7,9,13H,3-5,8,15H2,1-2H3,(H,16,18). The molecule has 0 saturated heterocycles. The van der Waals surface area contributed by atoms with Crippen LogP contribution in [-0.4, -0.2) is 24.0 Å². The van der Waals surface area contributed by atoms with Gasteiger partial charge in [0.1, 0.15) is 0 Å². The van der Waals surface area contributed by atoms with Crippen molar-refractivity contribution in [3.05, 3.63) is 29.3 Å². The van der Waals surface area contributed by atoms with Gasteiger partial charge >= 0.3 is 6.03 Å². The number of nitrogen functional groups attached to an aromatic ring is 1. The number of nitrogens with zero attached hydrogens (tertiary/aromatic N) is 1. The number of rotatable bonds is 3.